The molecule has 1 amide bonds. The molecule has 3 saturated heterocycles. The zero-order valence-corrected chi connectivity index (χ0v) is 25.5. The van der Waals surface area contributed by atoms with Gasteiger partial charge in [0, 0.05) is 38.7 Å². The van der Waals surface area contributed by atoms with Gasteiger partial charge in [0.15, 0.2) is 12.1 Å². The molecule has 232 valence electrons. The maximum atomic E-state index is 14.8. The summed E-state index contributed by atoms with van der Waals surface area (Å²) in [5.41, 5.74) is 1.92. The van der Waals surface area contributed by atoms with Crippen LogP contribution >= 0.6 is 0 Å². The predicted octanol–water partition coefficient (Wildman–Crippen LogP) is 1.66. The third-order valence-corrected chi connectivity index (χ3v) is 10.9. The van der Waals surface area contributed by atoms with Crippen LogP contribution in [0.2, 0.25) is 0 Å². The molecule has 10 nitrogen and oxygen atoms in total. The predicted molar refractivity (Wildman–Crippen MR) is 162 cm³/mol. The van der Waals surface area contributed by atoms with E-state index in [0.29, 0.717) is 38.7 Å². The third kappa shape index (κ3) is 5.68. The molecule has 5 aliphatic rings. The van der Waals surface area contributed by atoms with E-state index in [1.165, 1.54) is 17.2 Å². The highest BCUT2D eigenvalue weighted by atomic mass is 16.5. The number of hydrogen-bond donors (Lipinski definition) is 2. The minimum atomic E-state index is -0.589. The van der Waals surface area contributed by atoms with E-state index in [0.717, 1.165) is 38.6 Å². The van der Waals surface area contributed by atoms with Gasteiger partial charge in [-0.25, -0.2) is 0 Å². The summed E-state index contributed by atoms with van der Waals surface area (Å²) < 4.78 is 12.6. The van der Waals surface area contributed by atoms with E-state index < -0.39 is 17.8 Å². The summed E-state index contributed by atoms with van der Waals surface area (Å²) in [5, 5.41) is 16.9. The van der Waals surface area contributed by atoms with Crippen LogP contribution in [0.1, 0.15) is 43.2 Å². The standard InChI is InChI=1S/C33H46N6O4/c1-4-28(40)39-17-16-38(20-24(39)12-14-34)31-26-11-13-33(19-23-9-6-5-8-22(23)18-27(33)42-3)30(41)29(26)35-32(36-31)43-21-25-10-7-15-37(25)2/h4-6,8-9,24-27,29,31-32,35-36H,1,7,10-13,15-21H2,2-3H3. The molecule has 0 aromatic heterocycles. The molecule has 1 saturated carbocycles. The zero-order valence-electron chi connectivity index (χ0n) is 25.5. The largest absolute Gasteiger partial charge is 0.380 e. The van der Waals surface area contributed by atoms with Crippen LogP contribution in [0.3, 0.4) is 0 Å². The van der Waals surface area contributed by atoms with Gasteiger partial charge in [0.05, 0.1) is 48.9 Å². The van der Waals surface area contributed by atoms with E-state index in [9.17, 15) is 14.9 Å². The summed E-state index contributed by atoms with van der Waals surface area (Å²) in [6.45, 7) is 7.03. The number of carbonyl (C=O) groups excluding carboxylic acids is 2. The summed E-state index contributed by atoms with van der Waals surface area (Å²) in [4.78, 5) is 33.8. The number of fused-ring (bicyclic) bond motifs is 2. The number of likely N-dealkylation sites (N-methyl/N-ethyl adjacent to an activating group) is 1. The Bertz CT molecular complexity index is 1250. The van der Waals surface area contributed by atoms with Gasteiger partial charge in [-0.1, -0.05) is 30.8 Å². The van der Waals surface area contributed by atoms with E-state index in [1.54, 1.807) is 12.0 Å². The number of rotatable bonds is 7. The van der Waals surface area contributed by atoms with Crippen molar-refractivity contribution in [3.63, 3.8) is 0 Å². The van der Waals surface area contributed by atoms with Crippen LogP contribution in [0.4, 0.5) is 0 Å². The van der Waals surface area contributed by atoms with Crippen molar-refractivity contribution in [1.82, 2.24) is 25.3 Å². The van der Waals surface area contributed by atoms with Crippen LogP contribution in [0, 0.1) is 22.7 Å². The fourth-order valence-corrected chi connectivity index (χ4v) is 8.52. The second-order valence-corrected chi connectivity index (χ2v) is 13.1. The first-order valence-corrected chi connectivity index (χ1v) is 15.9. The number of methoxy groups -OCH3 is 1. The number of nitriles is 1. The van der Waals surface area contributed by atoms with Crippen molar-refractivity contribution in [2.24, 2.45) is 11.3 Å². The van der Waals surface area contributed by atoms with Gasteiger partial charge < -0.3 is 19.3 Å². The first-order valence-electron chi connectivity index (χ1n) is 15.9. The molecule has 1 spiro atoms. The van der Waals surface area contributed by atoms with Crippen LogP contribution in [0.15, 0.2) is 36.9 Å². The first-order chi connectivity index (χ1) is 20.9. The minimum absolute atomic E-state index is 0.0196. The van der Waals surface area contributed by atoms with E-state index in [-0.39, 0.29) is 42.3 Å². The molecule has 2 aliphatic carbocycles. The average molecular weight is 591 g/mol. The second-order valence-electron chi connectivity index (χ2n) is 13.1. The van der Waals surface area contributed by atoms with Crippen molar-refractivity contribution >= 4 is 11.7 Å². The topological polar surface area (TPSA) is 110 Å². The lowest BCUT2D eigenvalue weighted by Gasteiger charge is -2.56. The fraction of sp³-hybridized carbons (Fsp3) is 0.667. The number of benzene rings is 1. The monoisotopic (exact) mass is 590 g/mol. The van der Waals surface area contributed by atoms with Gasteiger partial charge in [0.25, 0.3) is 0 Å². The number of carbonyl (C=O) groups is 2. The van der Waals surface area contributed by atoms with Crippen molar-refractivity contribution < 1.29 is 19.1 Å². The molecular formula is C33H46N6O4. The number of piperazine rings is 1. The molecule has 3 heterocycles. The van der Waals surface area contributed by atoms with Gasteiger partial charge in [-0.05, 0) is 69.3 Å². The highest BCUT2D eigenvalue weighted by Crippen LogP contribution is 2.48. The third-order valence-electron chi connectivity index (χ3n) is 10.9. The Morgan fingerprint density at radius 2 is 2.00 bits per heavy atom. The van der Waals surface area contributed by atoms with Crippen LogP contribution in [-0.4, -0.2) is 110 Å². The molecule has 2 N–H and O–H groups in total. The highest BCUT2D eigenvalue weighted by molar-refractivity contribution is 5.92. The summed E-state index contributed by atoms with van der Waals surface area (Å²) in [5.74, 6) is 0.0966. The number of ether oxygens (including phenoxy) is 2. The fourth-order valence-electron chi connectivity index (χ4n) is 8.52. The van der Waals surface area contributed by atoms with Gasteiger partial charge in [0.1, 0.15) is 0 Å². The lowest BCUT2D eigenvalue weighted by molar-refractivity contribution is -0.163. The Kier molecular flexibility index (Phi) is 9.01. The first kappa shape index (κ1) is 30.4. The summed E-state index contributed by atoms with van der Waals surface area (Å²) in [6, 6.07) is 10.4. The molecule has 4 fully saturated rings. The molecule has 1 aromatic carbocycles. The molecule has 0 radical (unpaired) electrons. The number of amides is 1. The van der Waals surface area contributed by atoms with E-state index in [2.05, 4.69) is 64.4 Å². The van der Waals surface area contributed by atoms with Crippen molar-refractivity contribution in [2.45, 2.75) is 81.7 Å². The van der Waals surface area contributed by atoms with E-state index >= 15 is 0 Å². The zero-order chi connectivity index (χ0) is 30.1. The summed E-state index contributed by atoms with van der Waals surface area (Å²) in [7, 11) is 3.88. The second kappa shape index (κ2) is 12.8. The molecule has 0 bridgehead atoms. The van der Waals surface area contributed by atoms with Gasteiger partial charge in [-0.3, -0.25) is 25.1 Å². The molecule has 8 unspecified atom stereocenters. The smallest absolute Gasteiger partial charge is 0.246 e. The van der Waals surface area contributed by atoms with Crippen molar-refractivity contribution in [3.8, 4) is 6.07 Å². The van der Waals surface area contributed by atoms with Gasteiger partial charge in [0.2, 0.25) is 5.91 Å². The molecule has 6 rings (SSSR count). The van der Waals surface area contributed by atoms with Crippen LogP contribution in [0.25, 0.3) is 0 Å². The number of nitrogens with zero attached hydrogens (tertiary/aromatic N) is 4. The van der Waals surface area contributed by atoms with Crippen LogP contribution < -0.4 is 10.6 Å². The number of likely N-dealkylation sites (tertiary alicyclic amines) is 1. The van der Waals surface area contributed by atoms with Gasteiger partial charge in [-0.15, -0.1) is 0 Å². The number of Topliss-reactive ketones (excluding diaryl/α,β-unsaturated/α-hetero) is 1. The van der Waals surface area contributed by atoms with Crippen LogP contribution in [-0.2, 0) is 31.9 Å². The molecule has 1 aromatic rings. The lowest BCUT2D eigenvalue weighted by atomic mass is 9.57. The Hall–Kier alpha value is -2.65. The lowest BCUT2D eigenvalue weighted by Crippen LogP contribution is -2.75. The number of nitrogens with one attached hydrogen (secondary N) is 2. The normalized spacial score (nSPS) is 36.6. The Morgan fingerprint density at radius 3 is 2.72 bits per heavy atom. The average Bonchev–Trinajstić information content (AvgIpc) is 3.45. The van der Waals surface area contributed by atoms with E-state index in [1.807, 2.05) is 0 Å². The van der Waals surface area contributed by atoms with Gasteiger partial charge in [-0.2, -0.15) is 5.26 Å². The Balaban J connectivity index is 1.27. The Labute approximate surface area is 255 Å². The summed E-state index contributed by atoms with van der Waals surface area (Å²) in [6.07, 6.45) is 6.10. The van der Waals surface area contributed by atoms with Gasteiger partial charge >= 0.3 is 0 Å². The van der Waals surface area contributed by atoms with E-state index in [4.69, 9.17) is 9.47 Å². The maximum Gasteiger partial charge on any atom is 0.246 e. The van der Waals surface area contributed by atoms with Crippen LogP contribution in [0.5, 0.6) is 0 Å². The molecule has 43 heavy (non-hydrogen) atoms. The SMILES string of the molecule is C=CC(=O)N1CCN(C2NC(OCC3CCCN3C)NC3C(=O)C4(CCC32)Cc2ccccc2CC4OC)CC1CC#N. The number of hydrogen-bond acceptors (Lipinski definition) is 9. The number of ketones is 1. The maximum absolute atomic E-state index is 14.8. The molecule has 10 heteroatoms. The molecule has 3 aliphatic heterocycles. The molecule has 8 atom stereocenters. The highest BCUT2D eigenvalue weighted by Gasteiger charge is 2.58. The molecular weight excluding hydrogens is 544 g/mol. The van der Waals surface area contributed by atoms with Crippen molar-refractivity contribution in [2.75, 3.05) is 46.9 Å². The Morgan fingerprint density at radius 1 is 1.19 bits per heavy atom. The van der Waals surface area contributed by atoms with Crippen molar-refractivity contribution in [1.29, 1.82) is 5.26 Å². The minimum Gasteiger partial charge on any atom is -0.380 e. The summed E-state index contributed by atoms with van der Waals surface area (Å²) >= 11 is 0. The quantitative estimate of drug-likeness (QED) is 0.458. The van der Waals surface area contributed by atoms with Crippen molar-refractivity contribution in [3.05, 3.63) is 48.0 Å².